The van der Waals surface area contributed by atoms with Crippen LogP contribution in [0.5, 0.6) is 0 Å². The van der Waals surface area contributed by atoms with Crippen LogP contribution in [0, 0.1) is 5.92 Å². The van der Waals surface area contributed by atoms with E-state index in [0.717, 1.165) is 56.3 Å². The smallest absolute Gasteiger partial charge is 0.323 e. The summed E-state index contributed by atoms with van der Waals surface area (Å²) in [7, 11) is 2.22. The van der Waals surface area contributed by atoms with Crippen LogP contribution < -0.4 is 4.90 Å². The number of anilines is 1. The van der Waals surface area contributed by atoms with E-state index in [1.807, 2.05) is 23.2 Å². The number of likely N-dealkylation sites (tertiary alicyclic amines) is 1. The molecule has 0 aromatic carbocycles. The summed E-state index contributed by atoms with van der Waals surface area (Å²) in [6.07, 6.45) is 7.40. The maximum absolute atomic E-state index is 13.2. The topological polar surface area (TPSA) is 39.7 Å². The van der Waals surface area contributed by atoms with Crippen molar-refractivity contribution < 1.29 is 4.79 Å². The van der Waals surface area contributed by atoms with Crippen LogP contribution in [0.2, 0.25) is 0 Å². The molecular formula is C20H32N4O. The number of hydrogen-bond acceptors (Lipinski definition) is 3. The summed E-state index contributed by atoms with van der Waals surface area (Å²) in [6, 6.07) is 4.59. The molecule has 25 heavy (non-hydrogen) atoms. The minimum Gasteiger partial charge on any atom is -0.323 e. The lowest BCUT2D eigenvalue weighted by atomic mass is 10.1. The van der Waals surface area contributed by atoms with Gasteiger partial charge in [0.1, 0.15) is 0 Å². The first-order valence-electron chi connectivity index (χ1n) is 9.77. The van der Waals surface area contributed by atoms with E-state index in [-0.39, 0.29) is 6.03 Å². The van der Waals surface area contributed by atoms with E-state index in [2.05, 4.69) is 35.7 Å². The van der Waals surface area contributed by atoms with Crippen molar-refractivity contribution >= 4 is 11.7 Å². The Morgan fingerprint density at radius 2 is 2.20 bits per heavy atom. The van der Waals surface area contributed by atoms with Gasteiger partial charge in [0.05, 0.1) is 11.4 Å². The van der Waals surface area contributed by atoms with Gasteiger partial charge in [0.15, 0.2) is 0 Å². The lowest BCUT2D eigenvalue weighted by molar-refractivity contribution is 0.167. The van der Waals surface area contributed by atoms with E-state index in [1.54, 1.807) is 0 Å². The highest BCUT2D eigenvalue weighted by molar-refractivity contribution is 5.93. The summed E-state index contributed by atoms with van der Waals surface area (Å²) in [5, 5.41) is 0. The molecule has 1 atom stereocenters. The summed E-state index contributed by atoms with van der Waals surface area (Å²) in [5.74, 6) is 0.722. The molecule has 3 heterocycles. The van der Waals surface area contributed by atoms with Crippen molar-refractivity contribution in [2.45, 2.75) is 52.0 Å². The third-order valence-corrected chi connectivity index (χ3v) is 5.56. The third kappa shape index (κ3) is 4.32. The Kier molecular flexibility index (Phi) is 5.94. The van der Waals surface area contributed by atoms with Crippen molar-refractivity contribution in [2.24, 2.45) is 5.92 Å². The number of urea groups is 1. The van der Waals surface area contributed by atoms with Crippen molar-refractivity contribution in [1.82, 2.24) is 14.8 Å². The molecule has 0 spiro atoms. The molecule has 2 amide bonds. The minimum absolute atomic E-state index is 0.163. The SMILES string of the molecule is CC(C)CCN(C)[C@H]1CCCCN(C(=O)N2CCc3ncccc32)C1. The van der Waals surface area contributed by atoms with Gasteiger partial charge in [-0.3, -0.25) is 9.88 Å². The van der Waals surface area contributed by atoms with E-state index in [1.165, 1.54) is 19.3 Å². The Hall–Kier alpha value is -1.62. The largest absolute Gasteiger partial charge is 0.324 e. The number of rotatable bonds is 4. The Labute approximate surface area is 152 Å². The standard InChI is InChI=1S/C20H32N4O/c1-16(2)9-13-22(3)17-7-4-5-12-23(15-17)20(25)24-14-10-18-19(24)8-6-11-21-18/h6,8,11,16-17H,4-5,7,9-10,12-15H2,1-3H3/t17-/m0/s1. The normalized spacial score (nSPS) is 20.9. The molecule has 0 unspecified atom stereocenters. The van der Waals surface area contributed by atoms with Crippen LogP contribution in [-0.4, -0.2) is 60.1 Å². The van der Waals surface area contributed by atoms with Gasteiger partial charge in [-0.1, -0.05) is 20.3 Å². The summed E-state index contributed by atoms with van der Waals surface area (Å²) in [4.78, 5) is 24.0. The van der Waals surface area contributed by atoms with E-state index in [4.69, 9.17) is 0 Å². The van der Waals surface area contributed by atoms with Gasteiger partial charge in [-0.05, 0) is 50.9 Å². The number of nitrogens with zero attached hydrogens (tertiary/aromatic N) is 4. The van der Waals surface area contributed by atoms with Crippen molar-refractivity contribution in [1.29, 1.82) is 0 Å². The van der Waals surface area contributed by atoms with Crippen LogP contribution in [0.1, 0.15) is 45.2 Å². The van der Waals surface area contributed by atoms with Crippen LogP contribution in [0.4, 0.5) is 10.5 Å². The molecule has 0 bridgehead atoms. The van der Waals surface area contributed by atoms with Gasteiger partial charge in [0.25, 0.3) is 0 Å². The lowest BCUT2D eigenvalue weighted by Gasteiger charge is -2.33. The quantitative estimate of drug-likeness (QED) is 0.840. The van der Waals surface area contributed by atoms with Crippen molar-refractivity contribution in [3.05, 3.63) is 24.0 Å². The molecule has 2 aliphatic rings. The van der Waals surface area contributed by atoms with Crippen LogP contribution in [0.3, 0.4) is 0 Å². The minimum atomic E-state index is 0.163. The van der Waals surface area contributed by atoms with E-state index >= 15 is 0 Å². The Morgan fingerprint density at radius 3 is 3.00 bits per heavy atom. The van der Waals surface area contributed by atoms with E-state index in [0.29, 0.717) is 6.04 Å². The van der Waals surface area contributed by atoms with E-state index in [9.17, 15) is 4.79 Å². The Morgan fingerprint density at radius 1 is 1.36 bits per heavy atom. The molecule has 5 heteroatoms. The predicted octanol–water partition coefficient (Wildman–Crippen LogP) is 3.40. The molecule has 1 aromatic heterocycles. The summed E-state index contributed by atoms with van der Waals surface area (Å²) < 4.78 is 0. The molecule has 0 radical (unpaired) electrons. The average molecular weight is 345 g/mol. The number of likely N-dealkylation sites (N-methyl/N-ethyl adjacent to an activating group) is 1. The first kappa shape index (κ1) is 18.2. The van der Waals surface area contributed by atoms with Gasteiger partial charge in [-0.15, -0.1) is 0 Å². The predicted molar refractivity (Wildman–Crippen MR) is 102 cm³/mol. The third-order valence-electron chi connectivity index (χ3n) is 5.56. The monoisotopic (exact) mass is 344 g/mol. The van der Waals surface area contributed by atoms with Gasteiger partial charge in [0, 0.05) is 38.3 Å². The summed E-state index contributed by atoms with van der Waals surface area (Å²) >= 11 is 0. The Bertz CT molecular complexity index is 589. The number of pyridine rings is 1. The molecule has 1 aromatic rings. The van der Waals surface area contributed by atoms with Crippen molar-refractivity contribution in [3.63, 3.8) is 0 Å². The summed E-state index contributed by atoms with van der Waals surface area (Å²) in [5.41, 5.74) is 2.05. The fourth-order valence-corrected chi connectivity index (χ4v) is 3.87. The highest BCUT2D eigenvalue weighted by Gasteiger charge is 2.31. The van der Waals surface area contributed by atoms with Crippen LogP contribution >= 0.6 is 0 Å². The molecule has 3 rings (SSSR count). The molecule has 1 saturated heterocycles. The highest BCUT2D eigenvalue weighted by Crippen LogP contribution is 2.27. The first-order chi connectivity index (χ1) is 12.1. The fourth-order valence-electron chi connectivity index (χ4n) is 3.87. The lowest BCUT2D eigenvalue weighted by Crippen LogP contribution is -2.48. The molecular weight excluding hydrogens is 312 g/mol. The van der Waals surface area contributed by atoms with Crippen molar-refractivity contribution in [2.75, 3.05) is 38.1 Å². The number of aromatic nitrogens is 1. The van der Waals surface area contributed by atoms with E-state index < -0.39 is 0 Å². The first-order valence-corrected chi connectivity index (χ1v) is 9.77. The molecule has 0 N–H and O–H groups in total. The molecule has 0 aliphatic carbocycles. The number of carbonyl (C=O) groups excluding carboxylic acids is 1. The zero-order valence-electron chi connectivity index (χ0n) is 15.9. The van der Waals surface area contributed by atoms with Crippen LogP contribution in [0.15, 0.2) is 18.3 Å². The van der Waals surface area contributed by atoms with Gasteiger partial charge >= 0.3 is 6.03 Å². The molecule has 5 nitrogen and oxygen atoms in total. The molecule has 138 valence electrons. The Balaban J connectivity index is 1.66. The second kappa shape index (κ2) is 8.17. The average Bonchev–Trinajstić information content (AvgIpc) is 2.88. The zero-order chi connectivity index (χ0) is 17.8. The van der Waals surface area contributed by atoms with Gasteiger partial charge in [-0.25, -0.2) is 4.79 Å². The number of fused-ring (bicyclic) bond motifs is 1. The molecule has 2 aliphatic heterocycles. The second-order valence-corrected chi connectivity index (χ2v) is 7.91. The van der Waals surface area contributed by atoms with Crippen LogP contribution in [0.25, 0.3) is 0 Å². The molecule has 1 fully saturated rings. The van der Waals surface area contributed by atoms with Gasteiger partial charge in [-0.2, -0.15) is 0 Å². The van der Waals surface area contributed by atoms with Gasteiger partial charge < -0.3 is 9.80 Å². The number of amides is 2. The maximum Gasteiger partial charge on any atom is 0.324 e. The molecule has 0 saturated carbocycles. The van der Waals surface area contributed by atoms with Crippen LogP contribution in [-0.2, 0) is 6.42 Å². The van der Waals surface area contributed by atoms with Gasteiger partial charge in [0.2, 0.25) is 0 Å². The second-order valence-electron chi connectivity index (χ2n) is 7.91. The summed E-state index contributed by atoms with van der Waals surface area (Å²) in [6.45, 7) is 8.14. The number of carbonyl (C=O) groups is 1. The number of hydrogen-bond donors (Lipinski definition) is 0. The highest BCUT2D eigenvalue weighted by atomic mass is 16.2. The maximum atomic E-state index is 13.2. The van der Waals surface area contributed by atoms with Crippen molar-refractivity contribution in [3.8, 4) is 0 Å². The zero-order valence-corrected chi connectivity index (χ0v) is 15.9. The fraction of sp³-hybridized carbons (Fsp3) is 0.700.